The standard InChI is InChI=1S/C25H24N4O4S/c1-25(2,3)24(30)26-19-12-8-13-20(16-19)29-34(31,32)21-14-7-11-18(15-21)23-28-27-22(33-23)17-9-5-4-6-10-17/h4-16,29H,1-3H3,(H,26,30). The SMILES string of the molecule is CC(C)(C)C(=O)Nc1cccc(NS(=O)(=O)c2cccc(-c3nnc(-c4ccccc4)o3)c2)c1. The van der Waals surface area contributed by atoms with Crippen molar-refractivity contribution in [2.45, 2.75) is 25.7 Å². The number of rotatable bonds is 6. The van der Waals surface area contributed by atoms with Crippen LogP contribution in [0.1, 0.15) is 20.8 Å². The zero-order chi connectivity index (χ0) is 24.3. The highest BCUT2D eigenvalue weighted by Crippen LogP contribution is 2.27. The van der Waals surface area contributed by atoms with Gasteiger partial charge in [-0.3, -0.25) is 9.52 Å². The Hall–Kier alpha value is -3.98. The van der Waals surface area contributed by atoms with E-state index in [4.69, 9.17) is 4.42 Å². The van der Waals surface area contributed by atoms with Crippen LogP contribution in [0.25, 0.3) is 22.9 Å². The number of aromatic nitrogens is 2. The number of amides is 1. The molecule has 0 spiro atoms. The maximum absolute atomic E-state index is 13.0. The molecule has 4 rings (SSSR count). The third kappa shape index (κ3) is 5.32. The van der Waals surface area contributed by atoms with E-state index in [0.717, 1.165) is 5.56 Å². The predicted octanol–water partition coefficient (Wildman–Crippen LogP) is 5.19. The topological polar surface area (TPSA) is 114 Å². The molecule has 0 aliphatic heterocycles. The van der Waals surface area contributed by atoms with Gasteiger partial charge in [0.1, 0.15) is 0 Å². The molecule has 0 atom stereocenters. The van der Waals surface area contributed by atoms with Gasteiger partial charge in [0.2, 0.25) is 17.7 Å². The second-order valence-corrected chi connectivity index (χ2v) is 10.4. The summed E-state index contributed by atoms with van der Waals surface area (Å²) in [7, 11) is -3.92. The second kappa shape index (κ2) is 9.11. The minimum Gasteiger partial charge on any atom is -0.416 e. The maximum atomic E-state index is 13.0. The molecule has 0 fully saturated rings. The van der Waals surface area contributed by atoms with Gasteiger partial charge >= 0.3 is 0 Å². The minimum absolute atomic E-state index is 0.0357. The third-order valence-corrected chi connectivity index (χ3v) is 6.27. The van der Waals surface area contributed by atoms with E-state index in [2.05, 4.69) is 20.2 Å². The zero-order valence-corrected chi connectivity index (χ0v) is 19.8. The molecule has 2 N–H and O–H groups in total. The van der Waals surface area contributed by atoms with Crippen molar-refractivity contribution in [3.05, 3.63) is 78.9 Å². The zero-order valence-electron chi connectivity index (χ0n) is 18.9. The fourth-order valence-corrected chi connectivity index (χ4v) is 4.12. The van der Waals surface area contributed by atoms with Crippen molar-refractivity contribution < 1.29 is 17.6 Å². The van der Waals surface area contributed by atoms with Gasteiger partial charge in [0.25, 0.3) is 10.0 Å². The van der Waals surface area contributed by atoms with E-state index in [9.17, 15) is 13.2 Å². The fraction of sp³-hybridized carbons (Fsp3) is 0.160. The summed E-state index contributed by atoms with van der Waals surface area (Å²) in [6.07, 6.45) is 0. The van der Waals surface area contributed by atoms with Crippen molar-refractivity contribution >= 4 is 27.3 Å². The van der Waals surface area contributed by atoms with E-state index in [-0.39, 0.29) is 16.7 Å². The minimum atomic E-state index is -3.92. The smallest absolute Gasteiger partial charge is 0.261 e. The molecule has 174 valence electrons. The molecular weight excluding hydrogens is 452 g/mol. The Kier molecular flexibility index (Phi) is 6.21. The highest BCUT2D eigenvalue weighted by atomic mass is 32.2. The summed E-state index contributed by atoms with van der Waals surface area (Å²) in [6.45, 7) is 5.40. The summed E-state index contributed by atoms with van der Waals surface area (Å²) in [5.41, 5.74) is 1.48. The number of hydrogen-bond acceptors (Lipinski definition) is 6. The van der Waals surface area contributed by atoms with Crippen LogP contribution in [0.5, 0.6) is 0 Å². The first-order valence-electron chi connectivity index (χ1n) is 10.6. The second-order valence-electron chi connectivity index (χ2n) is 8.70. The van der Waals surface area contributed by atoms with Crippen molar-refractivity contribution in [2.24, 2.45) is 5.41 Å². The molecular formula is C25H24N4O4S. The maximum Gasteiger partial charge on any atom is 0.261 e. The van der Waals surface area contributed by atoms with Gasteiger partial charge in [0.15, 0.2) is 0 Å². The predicted molar refractivity (Wildman–Crippen MR) is 131 cm³/mol. The average molecular weight is 477 g/mol. The van der Waals surface area contributed by atoms with Crippen molar-refractivity contribution in [1.82, 2.24) is 10.2 Å². The number of nitrogens with one attached hydrogen (secondary N) is 2. The van der Waals surface area contributed by atoms with E-state index in [1.165, 1.54) is 12.1 Å². The summed E-state index contributed by atoms with van der Waals surface area (Å²) < 4.78 is 34.4. The van der Waals surface area contributed by atoms with E-state index in [1.54, 1.807) is 57.2 Å². The quantitative estimate of drug-likeness (QED) is 0.396. The first-order chi connectivity index (χ1) is 16.1. The first-order valence-corrected chi connectivity index (χ1v) is 12.0. The van der Waals surface area contributed by atoms with Crippen LogP contribution >= 0.6 is 0 Å². The Balaban J connectivity index is 1.55. The number of nitrogens with zero attached hydrogens (tertiary/aromatic N) is 2. The molecule has 1 aromatic heterocycles. The van der Waals surface area contributed by atoms with Gasteiger partial charge in [0.05, 0.1) is 10.6 Å². The van der Waals surface area contributed by atoms with Crippen molar-refractivity contribution in [3.8, 4) is 22.9 Å². The molecule has 0 aliphatic rings. The highest BCUT2D eigenvalue weighted by molar-refractivity contribution is 7.92. The van der Waals surface area contributed by atoms with Gasteiger partial charge in [-0.05, 0) is 48.5 Å². The molecule has 0 radical (unpaired) electrons. The van der Waals surface area contributed by atoms with Crippen molar-refractivity contribution in [3.63, 3.8) is 0 Å². The molecule has 1 amide bonds. The lowest BCUT2D eigenvalue weighted by Crippen LogP contribution is -2.27. The van der Waals surface area contributed by atoms with Crippen molar-refractivity contribution in [1.29, 1.82) is 0 Å². The number of carbonyl (C=O) groups is 1. The largest absolute Gasteiger partial charge is 0.416 e. The Bertz CT molecular complexity index is 1420. The van der Waals surface area contributed by atoms with Crippen LogP contribution in [0.4, 0.5) is 11.4 Å². The van der Waals surface area contributed by atoms with Gasteiger partial charge in [-0.1, -0.05) is 51.1 Å². The molecule has 0 saturated carbocycles. The Labute approximate surface area is 198 Å². The number of benzene rings is 3. The lowest BCUT2D eigenvalue weighted by Gasteiger charge is -2.18. The number of sulfonamides is 1. The third-order valence-electron chi connectivity index (χ3n) is 4.89. The average Bonchev–Trinajstić information content (AvgIpc) is 3.30. The summed E-state index contributed by atoms with van der Waals surface area (Å²) in [5.74, 6) is 0.383. The number of anilines is 2. The summed E-state index contributed by atoms with van der Waals surface area (Å²) in [5, 5.41) is 10.9. The molecule has 1 heterocycles. The monoisotopic (exact) mass is 476 g/mol. The molecule has 0 unspecified atom stereocenters. The van der Waals surface area contributed by atoms with Gasteiger partial charge in [-0.15, -0.1) is 10.2 Å². The number of carbonyl (C=O) groups excluding carboxylic acids is 1. The molecule has 3 aromatic carbocycles. The van der Waals surface area contributed by atoms with E-state index in [1.807, 2.05) is 30.3 Å². The van der Waals surface area contributed by atoms with Crippen LogP contribution in [0.15, 0.2) is 88.2 Å². The Morgan fingerprint density at radius 2 is 1.41 bits per heavy atom. The molecule has 4 aromatic rings. The van der Waals surface area contributed by atoms with Crippen LogP contribution in [0.3, 0.4) is 0 Å². The van der Waals surface area contributed by atoms with Crippen LogP contribution in [-0.2, 0) is 14.8 Å². The van der Waals surface area contributed by atoms with Crippen molar-refractivity contribution in [2.75, 3.05) is 10.0 Å². The van der Waals surface area contributed by atoms with E-state index >= 15 is 0 Å². The molecule has 0 saturated heterocycles. The van der Waals surface area contributed by atoms with Crippen LogP contribution in [0, 0.1) is 5.41 Å². The van der Waals surface area contributed by atoms with Gasteiger partial charge in [0, 0.05) is 22.2 Å². The van der Waals surface area contributed by atoms with E-state index in [0.29, 0.717) is 22.8 Å². The number of hydrogen-bond donors (Lipinski definition) is 2. The van der Waals surface area contributed by atoms with E-state index < -0.39 is 15.4 Å². The van der Waals surface area contributed by atoms with Crippen LogP contribution < -0.4 is 10.0 Å². The van der Waals surface area contributed by atoms with Crippen LogP contribution in [-0.4, -0.2) is 24.5 Å². The molecule has 34 heavy (non-hydrogen) atoms. The summed E-state index contributed by atoms with van der Waals surface area (Å²) in [6, 6.07) is 22.1. The highest BCUT2D eigenvalue weighted by Gasteiger charge is 2.22. The van der Waals surface area contributed by atoms with Gasteiger partial charge in [-0.25, -0.2) is 8.42 Å². The molecule has 8 nitrogen and oxygen atoms in total. The lowest BCUT2D eigenvalue weighted by atomic mass is 9.95. The van der Waals surface area contributed by atoms with Crippen LogP contribution in [0.2, 0.25) is 0 Å². The molecule has 9 heteroatoms. The van der Waals surface area contributed by atoms with Gasteiger partial charge < -0.3 is 9.73 Å². The summed E-state index contributed by atoms with van der Waals surface area (Å²) >= 11 is 0. The molecule has 0 bridgehead atoms. The fourth-order valence-electron chi connectivity index (χ4n) is 3.03. The summed E-state index contributed by atoms with van der Waals surface area (Å²) in [4.78, 5) is 12.3. The molecule has 0 aliphatic carbocycles. The lowest BCUT2D eigenvalue weighted by molar-refractivity contribution is -0.123. The Morgan fingerprint density at radius 3 is 2.12 bits per heavy atom. The normalized spacial score (nSPS) is 11.7. The van der Waals surface area contributed by atoms with Gasteiger partial charge in [-0.2, -0.15) is 0 Å². The first kappa shape index (κ1) is 23.2. The Morgan fingerprint density at radius 1 is 0.794 bits per heavy atom.